The number of nitrogens with zero attached hydrogens (tertiary/aromatic N) is 5. The van der Waals surface area contributed by atoms with Crippen molar-refractivity contribution in [1.82, 2.24) is 9.88 Å². The molecule has 2 N–H and O–H groups in total. The number of aromatic nitrogens is 1. The lowest BCUT2D eigenvalue weighted by Crippen LogP contribution is -2.48. The van der Waals surface area contributed by atoms with Crippen molar-refractivity contribution in [2.75, 3.05) is 25.0 Å². The van der Waals surface area contributed by atoms with Crippen LogP contribution in [0.25, 0.3) is 11.1 Å². The molecule has 2 fully saturated rings. The summed E-state index contributed by atoms with van der Waals surface area (Å²) in [5, 5.41) is 0. The van der Waals surface area contributed by atoms with Crippen LogP contribution in [0, 0.1) is 18.6 Å². The largest absolute Gasteiger partial charge is 0.404 e. The molecular weight excluding hydrogens is 478 g/mol. The second-order valence-electron chi connectivity index (χ2n) is 9.48. The van der Waals surface area contributed by atoms with Crippen molar-refractivity contribution in [3.63, 3.8) is 0 Å². The van der Waals surface area contributed by atoms with E-state index < -0.39 is 11.6 Å². The van der Waals surface area contributed by atoms with Crippen LogP contribution in [0.15, 0.2) is 46.0 Å². The van der Waals surface area contributed by atoms with Crippen LogP contribution in [0.3, 0.4) is 0 Å². The van der Waals surface area contributed by atoms with Crippen molar-refractivity contribution in [2.45, 2.75) is 51.9 Å². The summed E-state index contributed by atoms with van der Waals surface area (Å²) in [5.74, 6) is -0.378. The number of amidine groups is 1. The Bertz CT molecular complexity index is 1260. The van der Waals surface area contributed by atoms with Crippen molar-refractivity contribution in [1.29, 1.82) is 0 Å². The summed E-state index contributed by atoms with van der Waals surface area (Å²) in [6.45, 7) is 6.44. The summed E-state index contributed by atoms with van der Waals surface area (Å²) >= 11 is 0. The number of hydrogen-bond donors (Lipinski definition) is 1. The third kappa shape index (κ3) is 6.19. The fraction of sp³-hybridized carbons (Fsp3) is 0.407. The first-order valence-corrected chi connectivity index (χ1v) is 12.3. The number of carbonyl (C=O) groups is 1. The number of benzene rings is 1. The highest BCUT2D eigenvalue weighted by atomic mass is 19.1. The summed E-state index contributed by atoms with van der Waals surface area (Å²) in [6, 6.07) is 5.54. The lowest BCUT2D eigenvalue weighted by Gasteiger charge is -2.38. The van der Waals surface area contributed by atoms with E-state index in [9.17, 15) is 13.6 Å². The third-order valence-electron chi connectivity index (χ3n) is 6.45. The topological polar surface area (TPSA) is 96.4 Å². The van der Waals surface area contributed by atoms with E-state index in [2.05, 4.69) is 14.9 Å². The molecule has 2 atom stereocenters. The van der Waals surface area contributed by atoms with E-state index in [1.165, 1.54) is 23.2 Å². The number of aryl methyl sites for hydroxylation is 1. The summed E-state index contributed by atoms with van der Waals surface area (Å²) in [7, 11) is 1.57. The van der Waals surface area contributed by atoms with Gasteiger partial charge in [-0.05, 0) is 51.8 Å². The molecular formula is C27H32F2N6O2. The van der Waals surface area contributed by atoms with Gasteiger partial charge in [-0.2, -0.15) is 0 Å². The van der Waals surface area contributed by atoms with Crippen molar-refractivity contribution < 1.29 is 18.3 Å². The molecule has 1 saturated carbocycles. The van der Waals surface area contributed by atoms with Crippen molar-refractivity contribution in [3.8, 4) is 11.1 Å². The normalized spacial score (nSPS) is 21.0. The van der Waals surface area contributed by atoms with Gasteiger partial charge in [-0.3, -0.25) is 9.79 Å². The van der Waals surface area contributed by atoms with Crippen LogP contribution < -0.4 is 10.6 Å². The monoisotopic (exact) mass is 510 g/mol. The van der Waals surface area contributed by atoms with Gasteiger partial charge in [0.1, 0.15) is 29.4 Å². The van der Waals surface area contributed by atoms with Crippen LogP contribution in [-0.4, -0.2) is 66.7 Å². The van der Waals surface area contributed by atoms with Gasteiger partial charge in [-0.15, -0.1) is 0 Å². The predicted molar refractivity (Wildman–Crippen MR) is 141 cm³/mol. The van der Waals surface area contributed by atoms with Crippen LogP contribution in [-0.2, 0) is 9.53 Å². The molecule has 1 aliphatic heterocycles. The molecule has 2 aliphatic rings. The van der Waals surface area contributed by atoms with E-state index in [0.717, 1.165) is 24.5 Å². The Morgan fingerprint density at radius 2 is 2.00 bits per heavy atom. The molecule has 1 aromatic carbocycles. The van der Waals surface area contributed by atoms with Crippen LogP contribution in [0.2, 0.25) is 0 Å². The number of anilines is 1. The number of morpholine rings is 1. The van der Waals surface area contributed by atoms with Crippen LogP contribution in [0.4, 0.5) is 20.3 Å². The summed E-state index contributed by atoms with van der Waals surface area (Å²) in [5.41, 5.74) is 8.27. The highest BCUT2D eigenvalue weighted by molar-refractivity contribution is 5.93. The Kier molecular flexibility index (Phi) is 7.97. The first kappa shape index (κ1) is 26.4. The second kappa shape index (κ2) is 11.2. The van der Waals surface area contributed by atoms with E-state index in [-0.39, 0.29) is 17.8 Å². The standard InChI is InChI=1S/C27H32F2N6O2/c1-16-13-35(14-25(37-16)19(11-30)12-31-21-6-7-21)26-10-23(22-8-5-20(28)9-24(22)29)27(17(2)32-26)33-18(3)34(4)15-36/h5,8-12,15-16,21,25H,6-7,13-14,30H2,1-4H3. The number of halogens is 2. The van der Waals surface area contributed by atoms with E-state index in [0.29, 0.717) is 54.1 Å². The number of ether oxygens (including phenoxy) is 1. The van der Waals surface area contributed by atoms with Gasteiger partial charge in [0.25, 0.3) is 0 Å². The quantitative estimate of drug-likeness (QED) is 0.343. The van der Waals surface area contributed by atoms with E-state index >= 15 is 0 Å². The van der Waals surface area contributed by atoms with Crippen molar-refractivity contribution in [3.05, 3.63) is 53.4 Å². The van der Waals surface area contributed by atoms with Crippen LogP contribution in [0.1, 0.15) is 32.4 Å². The van der Waals surface area contributed by atoms with Gasteiger partial charge in [0.15, 0.2) is 0 Å². The second-order valence-corrected chi connectivity index (χ2v) is 9.48. The fourth-order valence-corrected chi connectivity index (χ4v) is 4.15. The predicted octanol–water partition coefficient (Wildman–Crippen LogP) is 4.14. The average molecular weight is 511 g/mol. The van der Waals surface area contributed by atoms with E-state index in [4.69, 9.17) is 15.5 Å². The summed E-state index contributed by atoms with van der Waals surface area (Å²) < 4.78 is 34.8. The Balaban J connectivity index is 1.76. The molecule has 196 valence electrons. The number of aliphatic imine (C=N–C) groups is 2. The molecule has 37 heavy (non-hydrogen) atoms. The van der Waals surface area contributed by atoms with Crippen LogP contribution >= 0.6 is 0 Å². The maximum absolute atomic E-state index is 15.0. The Hall–Kier alpha value is -3.66. The molecule has 0 radical (unpaired) electrons. The van der Waals surface area contributed by atoms with Gasteiger partial charge in [0.2, 0.25) is 6.41 Å². The molecule has 1 aromatic heterocycles. The molecule has 2 unspecified atom stereocenters. The molecule has 4 rings (SSSR count). The molecule has 0 bridgehead atoms. The van der Waals surface area contributed by atoms with E-state index in [1.54, 1.807) is 33.2 Å². The SMILES string of the molecule is CC(=Nc1c(-c2ccc(F)cc2F)cc(N2CC(C)OC(C(C=NC3CC3)=CN)C2)nc1C)N(C)C=O. The van der Waals surface area contributed by atoms with Gasteiger partial charge in [-0.1, -0.05) is 0 Å². The molecule has 1 aliphatic carbocycles. The number of hydrogen-bond acceptors (Lipinski definition) is 7. The third-order valence-corrected chi connectivity index (χ3v) is 6.45. The molecule has 1 amide bonds. The first-order chi connectivity index (χ1) is 17.7. The van der Waals surface area contributed by atoms with Crippen molar-refractivity contribution in [2.24, 2.45) is 15.7 Å². The smallest absolute Gasteiger partial charge is 0.214 e. The van der Waals surface area contributed by atoms with Gasteiger partial charge in [-0.25, -0.2) is 18.8 Å². The molecule has 8 nitrogen and oxygen atoms in total. The van der Waals surface area contributed by atoms with Gasteiger partial charge in [0.05, 0.1) is 30.1 Å². The maximum Gasteiger partial charge on any atom is 0.214 e. The summed E-state index contributed by atoms with van der Waals surface area (Å²) in [6.07, 6.45) is 5.69. The number of carbonyl (C=O) groups excluding carboxylic acids is 1. The zero-order chi connectivity index (χ0) is 26.7. The Labute approximate surface area is 215 Å². The number of rotatable bonds is 7. The maximum atomic E-state index is 15.0. The van der Waals surface area contributed by atoms with Gasteiger partial charge < -0.3 is 20.3 Å². The zero-order valence-electron chi connectivity index (χ0n) is 21.5. The van der Waals surface area contributed by atoms with Crippen LogP contribution in [0.5, 0.6) is 0 Å². The molecule has 2 aromatic rings. The molecule has 2 heterocycles. The highest BCUT2D eigenvalue weighted by Gasteiger charge is 2.30. The van der Waals surface area contributed by atoms with E-state index in [1.807, 2.05) is 6.92 Å². The fourth-order valence-electron chi connectivity index (χ4n) is 4.15. The highest BCUT2D eigenvalue weighted by Crippen LogP contribution is 2.38. The minimum absolute atomic E-state index is 0.127. The lowest BCUT2D eigenvalue weighted by atomic mass is 10.0. The molecule has 0 spiro atoms. The minimum Gasteiger partial charge on any atom is -0.404 e. The molecule has 1 saturated heterocycles. The Morgan fingerprint density at radius 3 is 2.65 bits per heavy atom. The minimum atomic E-state index is -0.716. The van der Waals surface area contributed by atoms with Crippen molar-refractivity contribution >= 4 is 30.0 Å². The number of pyridine rings is 1. The first-order valence-electron chi connectivity index (χ1n) is 12.3. The van der Waals surface area contributed by atoms with Gasteiger partial charge >= 0.3 is 0 Å². The molecule has 10 heteroatoms. The Morgan fingerprint density at radius 1 is 1.24 bits per heavy atom. The van der Waals surface area contributed by atoms with Gasteiger partial charge in [0, 0.05) is 48.8 Å². The average Bonchev–Trinajstić information content (AvgIpc) is 3.69. The lowest BCUT2D eigenvalue weighted by molar-refractivity contribution is -0.114. The number of nitrogens with two attached hydrogens (primary N) is 1. The zero-order valence-corrected chi connectivity index (χ0v) is 21.5. The summed E-state index contributed by atoms with van der Waals surface area (Å²) in [4.78, 5) is 28.5. The number of amides is 1.